The predicted octanol–water partition coefficient (Wildman–Crippen LogP) is 4.17. The fraction of sp³-hybridized carbons (Fsp3) is 0.350. The summed E-state index contributed by atoms with van der Waals surface area (Å²) in [4.78, 5) is 14.0. The highest BCUT2D eigenvalue weighted by Crippen LogP contribution is 2.37. The van der Waals surface area contributed by atoms with Gasteiger partial charge in [0.15, 0.2) is 0 Å². The van der Waals surface area contributed by atoms with E-state index >= 15 is 0 Å². The van der Waals surface area contributed by atoms with Crippen LogP contribution in [0, 0.1) is 6.92 Å². The Hall–Kier alpha value is -2.74. The van der Waals surface area contributed by atoms with Crippen LogP contribution in [0.5, 0.6) is 0 Å². The molecule has 5 nitrogen and oxygen atoms in total. The number of alkyl halides is 3. The number of amides is 2. The highest BCUT2D eigenvalue weighted by Gasteiger charge is 2.34. The van der Waals surface area contributed by atoms with Crippen molar-refractivity contribution < 1.29 is 22.7 Å². The second-order valence-corrected chi connectivity index (χ2v) is 6.56. The van der Waals surface area contributed by atoms with Crippen molar-refractivity contribution in [2.24, 2.45) is 0 Å². The van der Waals surface area contributed by atoms with Crippen LogP contribution in [-0.2, 0) is 17.5 Å². The van der Waals surface area contributed by atoms with Crippen LogP contribution >= 0.6 is 0 Å². The van der Waals surface area contributed by atoms with Crippen molar-refractivity contribution in [3.05, 3.63) is 59.2 Å². The van der Waals surface area contributed by atoms with Crippen molar-refractivity contribution in [2.75, 3.05) is 36.5 Å². The highest BCUT2D eigenvalue weighted by molar-refractivity contribution is 5.90. The topological polar surface area (TPSA) is 53.6 Å². The van der Waals surface area contributed by atoms with Gasteiger partial charge >= 0.3 is 12.2 Å². The first-order chi connectivity index (χ1) is 13.3. The number of benzene rings is 2. The third-order valence-electron chi connectivity index (χ3n) is 4.63. The third kappa shape index (κ3) is 4.95. The van der Waals surface area contributed by atoms with Crippen LogP contribution in [0.1, 0.15) is 16.7 Å². The van der Waals surface area contributed by atoms with E-state index in [1.54, 1.807) is 6.07 Å². The lowest BCUT2D eigenvalue weighted by atomic mass is 10.1. The Balaban J connectivity index is 1.73. The molecule has 0 saturated carbocycles. The molecule has 0 atom stereocenters. The highest BCUT2D eigenvalue weighted by atomic mass is 19.4. The maximum Gasteiger partial charge on any atom is 0.418 e. The first kappa shape index (κ1) is 20.0. The molecule has 2 aromatic rings. The van der Waals surface area contributed by atoms with Crippen molar-refractivity contribution >= 4 is 17.4 Å². The van der Waals surface area contributed by atoms with Crippen molar-refractivity contribution in [2.45, 2.75) is 19.6 Å². The number of urea groups is 1. The largest absolute Gasteiger partial charge is 0.418 e. The average molecular weight is 393 g/mol. The summed E-state index contributed by atoms with van der Waals surface area (Å²) >= 11 is 0. The van der Waals surface area contributed by atoms with Gasteiger partial charge in [-0.2, -0.15) is 13.2 Å². The van der Waals surface area contributed by atoms with Crippen LogP contribution < -0.4 is 15.5 Å². The van der Waals surface area contributed by atoms with Gasteiger partial charge in [0.05, 0.1) is 24.5 Å². The number of rotatable bonds is 4. The van der Waals surface area contributed by atoms with Crippen molar-refractivity contribution in [1.29, 1.82) is 0 Å². The number of halogens is 3. The zero-order chi connectivity index (χ0) is 20.1. The van der Waals surface area contributed by atoms with E-state index in [1.807, 2.05) is 36.1 Å². The molecule has 1 fully saturated rings. The van der Waals surface area contributed by atoms with Crippen molar-refractivity contribution in [3.63, 3.8) is 0 Å². The van der Waals surface area contributed by atoms with Gasteiger partial charge < -0.3 is 20.3 Å². The van der Waals surface area contributed by atoms with Crippen LogP contribution in [0.2, 0.25) is 0 Å². The minimum atomic E-state index is -4.58. The van der Waals surface area contributed by atoms with Gasteiger partial charge in [0, 0.05) is 25.3 Å². The molecule has 1 heterocycles. The van der Waals surface area contributed by atoms with Gasteiger partial charge in [-0.05, 0) is 36.2 Å². The predicted molar refractivity (Wildman–Crippen MR) is 102 cm³/mol. The van der Waals surface area contributed by atoms with Gasteiger partial charge in [0.25, 0.3) is 0 Å². The summed E-state index contributed by atoms with van der Waals surface area (Å²) in [5.74, 6) is 0. The molecule has 0 aliphatic carbocycles. The summed E-state index contributed by atoms with van der Waals surface area (Å²) in [6.45, 7) is 4.14. The Bertz CT molecular complexity index is 834. The summed E-state index contributed by atoms with van der Waals surface area (Å²) in [7, 11) is 0. The number of aryl methyl sites for hydroxylation is 1. The molecule has 28 heavy (non-hydrogen) atoms. The number of hydrogen-bond acceptors (Lipinski definition) is 3. The minimum Gasteiger partial charge on any atom is -0.378 e. The van der Waals surface area contributed by atoms with E-state index in [2.05, 4.69) is 10.6 Å². The third-order valence-corrected chi connectivity index (χ3v) is 4.63. The maximum atomic E-state index is 13.5. The quantitative estimate of drug-likeness (QED) is 0.820. The van der Waals surface area contributed by atoms with Gasteiger partial charge in [-0.25, -0.2) is 4.79 Å². The lowest BCUT2D eigenvalue weighted by Crippen LogP contribution is -2.36. The zero-order valence-corrected chi connectivity index (χ0v) is 15.5. The first-order valence-corrected chi connectivity index (χ1v) is 8.98. The molecule has 0 unspecified atom stereocenters. The molecule has 0 radical (unpaired) electrons. The molecule has 2 amide bonds. The van der Waals surface area contributed by atoms with E-state index in [0.717, 1.165) is 17.2 Å². The van der Waals surface area contributed by atoms with Crippen LogP contribution in [0.25, 0.3) is 0 Å². The summed E-state index contributed by atoms with van der Waals surface area (Å²) < 4.78 is 45.8. The molecule has 8 heteroatoms. The Morgan fingerprint density at radius 1 is 1.14 bits per heavy atom. The van der Waals surface area contributed by atoms with Gasteiger partial charge in [-0.15, -0.1) is 0 Å². The van der Waals surface area contributed by atoms with Crippen LogP contribution in [0.15, 0.2) is 42.5 Å². The minimum absolute atomic E-state index is 0.228. The van der Waals surface area contributed by atoms with Gasteiger partial charge in [-0.3, -0.25) is 0 Å². The Kier molecular flexibility index (Phi) is 6.08. The fourth-order valence-corrected chi connectivity index (χ4v) is 3.04. The number of carbonyl (C=O) groups excluding carboxylic acids is 1. The number of morpholine rings is 1. The Labute approximate surface area is 161 Å². The summed E-state index contributed by atoms with van der Waals surface area (Å²) in [6.07, 6.45) is -4.58. The second kappa shape index (κ2) is 8.52. The monoisotopic (exact) mass is 393 g/mol. The number of carbonyl (C=O) groups is 1. The van der Waals surface area contributed by atoms with E-state index in [4.69, 9.17) is 4.74 Å². The molecule has 1 aliphatic heterocycles. The lowest BCUT2D eigenvalue weighted by Gasteiger charge is -2.29. The molecule has 0 spiro atoms. The lowest BCUT2D eigenvalue weighted by molar-refractivity contribution is -0.136. The number of nitrogens with zero attached hydrogens (tertiary/aromatic N) is 1. The first-order valence-electron chi connectivity index (χ1n) is 8.98. The van der Waals surface area contributed by atoms with E-state index in [-0.39, 0.29) is 12.2 Å². The molecule has 2 N–H and O–H groups in total. The molecule has 3 rings (SSSR count). The second-order valence-electron chi connectivity index (χ2n) is 6.56. The standard InChI is InChI=1S/C20H22F3N3O2/c1-14-4-2-3-5-15(14)13-24-19(27)25-18-7-6-16(12-17(18)20(21,22)23)26-8-10-28-11-9-26/h2-7,12H,8-11,13H2,1H3,(H2,24,25,27). The SMILES string of the molecule is Cc1ccccc1CNC(=O)Nc1ccc(N2CCOCC2)cc1C(F)(F)F. The van der Waals surface area contributed by atoms with Gasteiger partial charge in [0.2, 0.25) is 0 Å². The van der Waals surface area contributed by atoms with Crippen LogP contribution in [0.4, 0.5) is 29.3 Å². The van der Waals surface area contributed by atoms with E-state index in [1.165, 1.54) is 6.07 Å². The number of hydrogen-bond donors (Lipinski definition) is 2. The average Bonchev–Trinajstić information content (AvgIpc) is 2.67. The summed E-state index contributed by atoms with van der Waals surface area (Å²) in [6, 6.07) is 10.7. The smallest absolute Gasteiger partial charge is 0.378 e. The molecule has 150 valence electrons. The summed E-state index contributed by atoms with van der Waals surface area (Å²) in [5, 5.41) is 4.92. The zero-order valence-electron chi connectivity index (χ0n) is 15.5. The van der Waals surface area contributed by atoms with Crippen molar-refractivity contribution in [1.82, 2.24) is 5.32 Å². The summed E-state index contributed by atoms with van der Waals surface area (Å²) in [5.41, 5.74) is 1.21. The molecule has 2 aromatic carbocycles. The van der Waals surface area contributed by atoms with E-state index in [9.17, 15) is 18.0 Å². The molecular weight excluding hydrogens is 371 g/mol. The van der Waals surface area contributed by atoms with Crippen LogP contribution in [0.3, 0.4) is 0 Å². The van der Waals surface area contributed by atoms with E-state index in [0.29, 0.717) is 32.0 Å². The number of anilines is 2. The Morgan fingerprint density at radius 3 is 2.54 bits per heavy atom. The van der Waals surface area contributed by atoms with E-state index < -0.39 is 17.8 Å². The Morgan fingerprint density at radius 2 is 1.86 bits per heavy atom. The molecule has 1 saturated heterocycles. The molecule has 1 aliphatic rings. The fourth-order valence-electron chi connectivity index (χ4n) is 3.04. The molecular formula is C20H22F3N3O2. The maximum absolute atomic E-state index is 13.5. The normalized spacial score (nSPS) is 14.6. The van der Waals surface area contributed by atoms with Gasteiger partial charge in [0.1, 0.15) is 0 Å². The van der Waals surface area contributed by atoms with Crippen LogP contribution in [-0.4, -0.2) is 32.3 Å². The molecule has 0 bridgehead atoms. The number of ether oxygens (including phenoxy) is 1. The molecule has 0 aromatic heterocycles. The van der Waals surface area contributed by atoms with Gasteiger partial charge in [-0.1, -0.05) is 24.3 Å². The van der Waals surface area contributed by atoms with Crippen molar-refractivity contribution in [3.8, 4) is 0 Å². The number of nitrogens with one attached hydrogen (secondary N) is 2.